The van der Waals surface area contributed by atoms with Crippen LogP contribution in [-0.2, 0) is 11.3 Å². The third-order valence-corrected chi connectivity index (χ3v) is 3.93. The van der Waals surface area contributed by atoms with Crippen molar-refractivity contribution >= 4 is 17.6 Å². The van der Waals surface area contributed by atoms with Gasteiger partial charge in [-0.15, -0.1) is 0 Å². The molecule has 0 saturated heterocycles. The first-order valence-corrected chi connectivity index (χ1v) is 9.25. The van der Waals surface area contributed by atoms with Gasteiger partial charge in [-0.05, 0) is 24.6 Å². The van der Waals surface area contributed by atoms with E-state index < -0.39 is 0 Å². The highest BCUT2D eigenvalue weighted by Crippen LogP contribution is 2.30. The van der Waals surface area contributed by atoms with E-state index in [0.717, 1.165) is 11.3 Å². The molecule has 0 radical (unpaired) electrons. The number of aliphatic imine (C=N–C) groups is 1. The molecule has 0 saturated carbocycles. The Morgan fingerprint density at radius 3 is 2.54 bits per heavy atom. The molecule has 0 atom stereocenters. The van der Waals surface area contributed by atoms with E-state index in [-0.39, 0.29) is 5.91 Å². The van der Waals surface area contributed by atoms with Crippen LogP contribution in [0.15, 0.2) is 53.5 Å². The highest BCUT2D eigenvalue weighted by molar-refractivity contribution is 5.94. The highest BCUT2D eigenvalue weighted by atomic mass is 16.5. The number of hydrogen-bond donors (Lipinski definition) is 3. The Labute approximate surface area is 166 Å². The van der Waals surface area contributed by atoms with Crippen molar-refractivity contribution in [2.75, 3.05) is 32.6 Å². The molecular weight excluding hydrogens is 356 g/mol. The van der Waals surface area contributed by atoms with Gasteiger partial charge in [-0.25, -0.2) is 0 Å². The number of benzene rings is 2. The van der Waals surface area contributed by atoms with Gasteiger partial charge < -0.3 is 25.4 Å². The molecule has 0 aliphatic carbocycles. The second-order valence-corrected chi connectivity index (χ2v) is 5.93. The number of carbonyl (C=O) groups excluding carboxylic acids is 1. The quantitative estimate of drug-likeness (QED) is 0.457. The van der Waals surface area contributed by atoms with Crippen molar-refractivity contribution in [3.05, 3.63) is 54.1 Å². The van der Waals surface area contributed by atoms with Gasteiger partial charge in [-0.1, -0.05) is 30.3 Å². The molecule has 2 aromatic carbocycles. The van der Waals surface area contributed by atoms with Gasteiger partial charge >= 0.3 is 0 Å². The summed E-state index contributed by atoms with van der Waals surface area (Å²) >= 11 is 0. The summed E-state index contributed by atoms with van der Waals surface area (Å²) in [5.41, 5.74) is 1.88. The first kappa shape index (κ1) is 21.1. The van der Waals surface area contributed by atoms with Crippen LogP contribution in [0.25, 0.3) is 0 Å². The number of rotatable bonds is 9. The molecule has 0 fully saturated rings. The molecule has 150 valence electrons. The fourth-order valence-corrected chi connectivity index (χ4v) is 2.52. The minimum atomic E-state index is -0.0189. The van der Waals surface area contributed by atoms with Crippen LogP contribution >= 0.6 is 0 Å². The lowest BCUT2D eigenvalue weighted by Gasteiger charge is -2.14. The molecule has 0 aliphatic heterocycles. The molecule has 2 aromatic rings. The SMILES string of the molecule is CCOc1ccc(NC(=NC)NCCC(=O)NCc2ccccc2)cc1OC. The number of nitrogens with zero attached hydrogens (tertiary/aromatic N) is 1. The number of guanidine groups is 1. The van der Waals surface area contributed by atoms with Crippen LogP contribution in [0.5, 0.6) is 11.5 Å². The summed E-state index contributed by atoms with van der Waals surface area (Å²) in [5.74, 6) is 1.88. The third kappa shape index (κ3) is 6.83. The van der Waals surface area contributed by atoms with Crippen LogP contribution in [0.1, 0.15) is 18.9 Å². The van der Waals surface area contributed by atoms with Crippen LogP contribution in [0, 0.1) is 0 Å². The van der Waals surface area contributed by atoms with Gasteiger partial charge in [-0.3, -0.25) is 9.79 Å². The number of carbonyl (C=O) groups is 1. The average molecular weight is 384 g/mol. The van der Waals surface area contributed by atoms with Gasteiger partial charge in [0.2, 0.25) is 5.91 Å². The van der Waals surface area contributed by atoms with E-state index in [2.05, 4.69) is 20.9 Å². The van der Waals surface area contributed by atoms with E-state index >= 15 is 0 Å². The molecule has 0 unspecified atom stereocenters. The zero-order valence-corrected chi connectivity index (χ0v) is 16.6. The molecule has 0 bridgehead atoms. The molecule has 1 amide bonds. The molecule has 7 nitrogen and oxygen atoms in total. The first-order valence-electron chi connectivity index (χ1n) is 9.25. The number of nitrogens with one attached hydrogen (secondary N) is 3. The van der Waals surface area contributed by atoms with Gasteiger partial charge in [-0.2, -0.15) is 0 Å². The smallest absolute Gasteiger partial charge is 0.222 e. The van der Waals surface area contributed by atoms with E-state index in [1.807, 2.05) is 55.5 Å². The van der Waals surface area contributed by atoms with Crippen molar-refractivity contribution < 1.29 is 14.3 Å². The Bertz CT molecular complexity index is 778. The van der Waals surface area contributed by atoms with Crippen LogP contribution in [0.3, 0.4) is 0 Å². The molecule has 0 spiro atoms. The topological polar surface area (TPSA) is 84.0 Å². The maximum absolute atomic E-state index is 12.0. The minimum absolute atomic E-state index is 0.0189. The van der Waals surface area contributed by atoms with Crippen LogP contribution in [0.4, 0.5) is 5.69 Å². The predicted molar refractivity (Wildman–Crippen MR) is 112 cm³/mol. The van der Waals surface area contributed by atoms with Crippen LogP contribution in [0.2, 0.25) is 0 Å². The molecular formula is C21H28N4O3. The summed E-state index contributed by atoms with van der Waals surface area (Å²) in [5, 5.41) is 9.21. The van der Waals surface area contributed by atoms with Crippen molar-refractivity contribution in [2.24, 2.45) is 4.99 Å². The van der Waals surface area contributed by atoms with Crippen molar-refractivity contribution in [3.63, 3.8) is 0 Å². The Hall–Kier alpha value is -3.22. The second kappa shape index (κ2) is 11.5. The lowest BCUT2D eigenvalue weighted by atomic mass is 10.2. The highest BCUT2D eigenvalue weighted by Gasteiger charge is 2.07. The standard InChI is InChI=1S/C21H28N4O3/c1-4-28-18-11-10-17(14-19(18)27-3)25-21(22-2)23-13-12-20(26)24-15-16-8-6-5-7-9-16/h5-11,14H,4,12-13,15H2,1-3H3,(H,24,26)(H2,22,23,25). The van der Waals surface area contributed by atoms with E-state index in [9.17, 15) is 4.79 Å². The van der Waals surface area contributed by atoms with E-state index in [1.165, 1.54) is 0 Å². The van der Waals surface area contributed by atoms with Crippen molar-refractivity contribution in [1.29, 1.82) is 0 Å². The van der Waals surface area contributed by atoms with E-state index in [0.29, 0.717) is 43.6 Å². The van der Waals surface area contributed by atoms with Gasteiger partial charge in [0.1, 0.15) is 0 Å². The van der Waals surface area contributed by atoms with E-state index in [1.54, 1.807) is 14.2 Å². The first-order chi connectivity index (χ1) is 13.7. The fraction of sp³-hybridized carbons (Fsp3) is 0.333. The summed E-state index contributed by atoms with van der Waals surface area (Å²) < 4.78 is 10.9. The Morgan fingerprint density at radius 1 is 1.07 bits per heavy atom. The van der Waals surface area contributed by atoms with Crippen molar-refractivity contribution in [2.45, 2.75) is 19.9 Å². The van der Waals surface area contributed by atoms with Gasteiger partial charge in [0.05, 0.1) is 13.7 Å². The Balaban J connectivity index is 1.79. The van der Waals surface area contributed by atoms with Gasteiger partial charge in [0.15, 0.2) is 17.5 Å². The molecule has 0 heterocycles. The summed E-state index contributed by atoms with van der Waals surface area (Å²) in [6.45, 7) is 3.49. The fourth-order valence-electron chi connectivity index (χ4n) is 2.52. The molecule has 28 heavy (non-hydrogen) atoms. The normalized spacial score (nSPS) is 10.9. The number of hydrogen-bond acceptors (Lipinski definition) is 4. The summed E-state index contributed by atoms with van der Waals surface area (Å²) in [6.07, 6.45) is 0.347. The van der Waals surface area contributed by atoms with Crippen LogP contribution in [-0.4, -0.2) is 39.2 Å². The van der Waals surface area contributed by atoms with Crippen molar-refractivity contribution in [3.8, 4) is 11.5 Å². The summed E-state index contributed by atoms with van der Waals surface area (Å²) in [4.78, 5) is 16.2. The number of anilines is 1. The third-order valence-electron chi connectivity index (χ3n) is 3.93. The average Bonchev–Trinajstić information content (AvgIpc) is 2.73. The van der Waals surface area contributed by atoms with Gasteiger partial charge in [0.25, 0.3) is 0 Å². The molecule has 0 aliphatic rings. The molecule has 0 aromatic heterocycles. The maximum Gasteiger partial charge on any atom is 0.222 e. The zero-order valence-electron chi connectivity index (χ0n) is 16.6. The molecule has 2 rings (SSSR count). The molecule has 7 heteroatoms. The second-order valence-electron chi connectivity index (χ2n) is 5.93. The number of ether oxygens (including phenoxy) is 2. The lowest BCUT2D eigenvalue weighted by Crippen LogP contribution is -2.34. The number of methoxy groups -OCH3 is 1. The Kier molecular flexibility index (Phi) is 8.65. The zero-order chi connectivity index (χ0) is 20.2. The number of amides is 1. The minimum Gasteiger partial charge on any atom is -0.493 e. The lowest BCUT2D eigenvalue weighted by molar-refractivity contribution is -0.121. The summed E-state index contributed by atoms with van der Waals surface area (Å²) in [7, 11) is 3.28. The predicted octanol–water partition coefficient (Wildman–Crippen LogP) is 2.79. The monoisotopic (exact) mass is 384 g/mol. The van der Waals surface area contributed by atoms with Crippen LogP contribution < -0.4 is 25.4 Å². The largest absolute Gasteiger partial charge is 0.493 e. The Morgan fingerprint density at radius 2 is 1.86 bits per heavy atom. The summed E-state index contributed by atoms with van der Waals surface area (Å²) in [6, 6.07) is 15.4. The van der Waals surface area contributed by atoms with Crippen molar-refractivity contribution in [1.82, 2.24) is 10.6 Å². The molecule has 3 N–H and O–H groups in total. The maximum atomic E-state index is 12.0. The van der Waals surface area contributed by atoms with E-state index in [4.69, 9.17) is 9.47 Å². The van der Waals surface area contributed by atoms with Gasteiger partial charge in [0, 0.05) is 38.3 Å².